The van der Waals surface area contributed by atoms with E-state index in [4.69, 9.17) is 9.72 Å². The summed E-state index contributed by atoms with van der Waals surface area (Å²) in [6.07, 6.45) is -0.793. The topological polar surface area (TPSA) is 107 Å². The molecule has 13 heteroatoms. The largest absolute Gasteiger partial charge is 0.445 e. The smallest absolute Gasteiger partial charge is 0.416 e. The Labute approximate surface area is 240 Å². The second-order valence-corrected chi connectivity index (χ2v) is 12.0. The molecule has 9 nitrogen and oxygen atoms in total. The highest BCUT2D eigenvalue weighted by atomic mass is 32.2. The first-order chi connectivity index (χ1) is 19.9. The van der Waals surface area contributed by atoms with Crippen LogP contribution in [-0.4, -0.2) is 51.7 Å². The fourth-order valence-corrected chi connectivity index (χ4v) is 5.54. The number of hydrogen-bond acceptors (Lipinski definition) is 7. The van der Waals surface area contributed by atoms with Crippen LogP contribution in [0, 0.1) is 0 Å². The zero-order valence-corrected chi connectivity index (χ0v) is 23.7. The lowest BCUT2D eigenvalue weighted by molar-refractivity contribution is -0.137. The van der Waals surface area contributed by atoms with E-state index in [1.165, 1.54) is 24.4 Å². The van der Waals surface area contributed by atoms with Crippen molar-refractivity contribution in [2.45, 2.75) is 43.2 Å². The number of benzene rings is 2. The number of carbonyl (C=O) groups excluding carboxylic acids is 1. The number of imidazole rings is 1. The summed E-state index contributed by atoms with van der Waals surface area (Å²) < 4.78 is 72.6. The fraction of sp³-hybridized carbons (Fsp3) is 0.310. The third-order valence-electron chi connectivity index (χ3n) is 7.04. The Morgan fingerprint density at radius 2 is 1.81 bits per heavy atom. The molecule has 5 rings (SSSR count). The van der Waals surface area contributed by atoms with Crippen LogP contribution in [0.1, 0.15) is 42.3 Å². The summed E-state index contributed by atoms with van der Waals surface area (Å²) in [7, 11) is -2.12. The molecule has 0 aliphatic carbocycles. The maximum Gasteiger partial charge on any atom is 0.416 e. The number of piperidine rings is 1. The Hall–Kier alpha value is -4.26. The number of likely N-dealkylation sites (tertiary alicyclic amines) is 1. The lowest BCUT2D eigenvalue weighted by Crippen LogP contribution is -2.39. The summed E-state index contributed by atoms with van der Waals surface area (Å²) in [4.78, 5) is 27.7. The van der Waals surface area contributed by atoms with Crippen LogP contribution in [0.15, 0.2) is 72.0 Å². The highest BCUT2D eigenvalue weighted by Gasteiger charge is 2.35. The van der Waals surface area contributed by atoms with E-state index in [0.717, 1.165) is 36.8 Å². The third-order valence-corrected chi connectivity index (χ3v) is 7.90. The molecule has 4 aromatic rings. The van der Waals surface area contributed by atoms with Gasteiger partial charge < -0.3 is 9.30 Å². The molecule has 220 valence electrons. The molecular formula is C29H28F3N5O4S. The standard InChI is InChI=1S/C29H28F3N5O4S/c1-36-25(22-14-15-33-27(34-22)42(2,39)40)24(20-11-8-12-21(17-20)29(30,31)32)35-26(36)23-13-6-7-16-37(23)28(38)41-18-19-9-4-3-5-10-19/h3-5,8-12,14-15,17,23H,6-7,13,16,18H2,1-2H3. The van der Waals surface area contributed by atoms with E-state index in [-0.39, 0.29) is 23.6 Å². The van der Waals surface area contributed by atoms with Crippen molar-refractivity contribution < 1.29 is 31.1 Å². The molecule has 1 atom stereocenters. The van der Waals surface area contributed by atoms with Gasteiger partial charge in [0.1, 0.15) is 12.4 Å². The van der Waals surface area contributed by atoms with Crippen molar-refractivity contribution in [2.24, 2.45) is 7.05 Å². The van der Waals surface area contributed by atoms with Gasteiger partial charge in [0.25, 0.3) is 0 Å². The van der Waals surface area contributed by atoms with Gasteiger partial charge in [0.2, 0.25) is 15.0 Å². The zero-order valence-electron chi connectivity index (χ0n) is 22.9. The van der Waals surface area contributed by atoms with Crippen LogP contribution < -0.4 is 0 Å². The Kier molecular flexibility index (Phi) is 8.04. The molecule has 1 aliphatic rings. The maximum absolute atomic E-state index is 13.6. The molecule has 3 heterocycles. The van der Waals surface area contributed by atoms with Crippen LogP contribution in [0.25, 0.3) is 22.6 Å². The molecule has 1 saturated heterocycles. The minimum atomic E-state index is -4.59. The number of rotatable bonds is 6. The molecule has 0 bridgehead atoms. The third kappa shape index (κ3) is 6.15. The number of alkyl halides is 3. The van der Waals surface area contributed by atoms with Gasteiger partial charge in [0.15, 0.2) is 0 Å². The van der Waals surface area contributed by atoms with E-state index in [1.807, 2.05) is 30.3 Å². The van der Waals surface area contributed by atoms with E-state index in [1.54, 1.807) is 16.5 Å². The number of sulfone groups is 1. The average Bonchev–Trinajstić information content (AvgIpc) is 3.32. The molecule has 1 amide bonds. The molecule has 0 saturated carbocycles. The first-order valence-electron chi connectivity index (χ1n) is 13.2. The molecule has 1 unspecified atom stereocenters. The van der Waals surface area contributed by atoms with Crippen LogP contribution in [0.2, 0.25) is 0 Å². The number of hydrogen-bond donors (Lipinski definition) is 0. The normalized spacial score (nSPS) is 15.9. The molecule has 42 heavy (non-hydrogen) atoms. The van der Waals surface area contributed by atoms with Gasteiger partial charge in [-0.3, -0.25) is 4.90 Å². The molecular weight excluding hydrogens is 571 g/mol. The van der Waals surface area contributed by atoms with E-state index in [9.17, 15) is 26.4 Å². The summed E-state index contributed by atoms with van der Waals surface area (Å²) in [6.45, 7) is 0.491. The van der Waals surface area contributed by atoms with Crippen LogP contribution in [-0.2, 0) is 34.4 Å². The molecule has 0 N–H and O–H groups in total. The fourth-order valence-electron chi connectivity index (χ4n) is 5.02. The number of amides is 1. The Morgan fingerprint density at radius 1 is 1.05 bits per heavy atom. The van der Waals surface area contributed by atoms with Gasteiger partial charge in [0.05, 0.1) is 28.7 Å². The second kappa shape index (κ2) is 11.6. The van der Waals surface area contributed by atoms with Crippen LogP contribution in [0.3, 0.4) is 0 Å². The van der Waals surface area contributed by atoms with Gasteiger partial charge in [-0.25, -0.2) is 28.2 Å². The number of aromatic nitrogens is 4. The van der Waals surface area contributed by atoms with Crippen LogP contribution in [0.5, 0.6) is 0 Å². The minimum Gasteiger partial charge on any atom is -0.445 e. The van der Waals surface area contributed by atoms with Gasteiger partial charge >= 0.3 is 12.3 Å². The van der Waals surface area contributed by atoms with Crippen molar-refractivity contribution >= 4 is 15.9 Å². The second-order valence-electron chi connectivity index (χ2n) is 10.0. The first kappa shape index (κ1) is 29.2. The van der Waals surface area contributed by atoms with Gasteiger partial charge in [-0.15, -0.1) is 0 Å². The number of nitrogens with zero attached hydrogens (tertiary/aromatic N) is 5. The van der Waals surface area contributed by atoms with E-state index in [0.29, 0.717) is 24.5 Å². The summed E-state index contributed by atoms with van der Waals surface area (Å²) in [6, 6.07) is 14.9. The Morgan fingerprint density at radius 3 is 2.52 bits per heavy atom. The van der Waals surface area contributed by atoms with Gasteiger partial charge in [-0.05, 0) is 43.0 Å². The van der Waals surface area contributed by atoms with E-state index >= 15 is 0 Å². The highest BCUT2D eigenvalue weighted by molar-refractivity contribution is 7.90. The monoisotopic (exact) mass is 599 g/mol. The lowest BCUT2D eigenvalue weighted by Gasteiger charge is -2.34. The highest BCUT2D eigenvalue weighted by Crippen LogP contribution is 2.39. The predicted octanol–water partition coefficient (Wildman–Crippen LogP) is 5.83. The van der Waals surface area contributed by atoms with E-state index in [2.05, 4.69) is 9.97 Å². The molecule has 2 aromatic carbocycles. The summed E-state index contributed by atoms with van der Waals surface area (Å²) in [5, 5.41) is -0.429. The van der Waals surface area contributed by atoms with Crippen molar-refractivity contribution in [1.29, 1.82) is 0 Å². The average molecular weight is 600 g/mol. The predicted molar refractivity (Wildman–Crippen MR) is 148 cm³/mol. The summed E-state index contributed by atoms with van der Waals surface area (Å²) in [5.74, 6) is 0.410. The maximum atomic E-state index is 13.6. The Bertz CT molecular complexity index is 1710. The van der Waals surface area contributed by atoms with Gasteiger partial charge in [0, 0.05) is 31.6 Å². The van der Waals surface area contributed by atoms with Crippen LogP contribution in [0.4, 0.5) is 18.0 Å². The molecule has 0 spiro atoms. The van der Waals surface area contributed by atoms with E-state index < -0.39 is 38.9 Å². The molecule has 1 fully saturated rings. The van der Waals surface area contributed by atoms with Crippen molar-refractivity contribution in [1.82, 2.24) is 24.4 Å². The van der Waals surface area contributed by atoms with Crippen molar-refractivity contribution in [3.63, 3.8) is 0 Å². The number of ether oxygens (including phenoxy) is 1. The summed E-state index contributed by atoms with van der Waals surface area (Å²) >= 11 is 0. The van der Waals surface area contributed by atoms with Gasteiger partial charge in [-0.2, -0.15) is 13.2 Å². The quantitative estimate of drug-likeness (QED) is 0.257. The number of halogens is 3. The SMILES string of the molecule is Cn1c(C2CCCCN2C(=O)OCc2ccccc2)nc(-c2cccc(C(F)(F)F)c2)c1-c1ccnc(S(C)(=O)=O)n1. The lowest BCUT2D eigenvalue weighted by atomic mass is 10.0. The first-order valence-corrected chi connectivity index (χ1v) is 15.1. The van der Waals surface area contributed by atoms with Gasteiger partial charge in [-0.1, -0.05) is 42.5 Å². The molecule has 2 aromatic heterocycles. The molecule has 0 radical (unpaired) electrons. The number of carbonyl (C=O) groups is 1. The summed E-state index contributed by atoms with van der Waals surface area (Å²) in [5.41, 5.74) is 0.750. The zero-order chi connectivity index (χ0) is 30.1. The minimum absolute atomic E-state index is 0.0827. The van der Waals surface area contributed by atoms with Crippen molar-refractivity contribution in [2.75, 3.05) is 12.8 Å². The van der Waals surface area contributed by atoms with Crippen LogP contribution >= 0.6 is 0 Å². The van der Waals surface area contributed by atoms with Crippen molar-refractivity contribution in [3.05, 3.63) is 83.8 Å². The molecule has 1 aliphatic heterocycles. The Balaban J connectivity index is 1.60. The van der Waals surface area contributed by atoms with Crippen molar-refractivity contribution in [3.8, 4) is 22.6 Å².